The van der Waals surface area contributed by atoms with Crippen LogP contribution >= 0.6 is 0 Å². The van der Waals surface area contributed by atoms with Crippen LogP contribution in [0.15, 0.2) is 36.4 Å². The molecular weight excluding hydrogens is 354 g/mol. The first kappa shape index (κ1) is 19.9. The summed E-state index contributed by atoms with van der Waals surface area (Å²) < 4.78 is 11.0. The SMILES string of the molecule is CCOC(=O)c1ccc(C)c(NC(=O)C(C)Oc2cccc3c2CCCC3)c1. The first-order chi connectivity index (χ1) is 13.5. The second-order valence-corrected chi connectivity index (χ2v) is 7.10. The summed E-state index contributed by atoms with van der Waals surface area (Å²) in [4.78, 5) is 24.6. The van der Waals surface area contributed by atoms with Crippen molar-refractivity contribution in [1.82, 2.24) is 0 Å². The van der Waals surface area contributed by atoms with Crippen LogP contribution in [0.3, 0.4) is 0 Å². The molecule has 0 bridgehead atoms. The average Bonchev–Trinajstić information content (AvgIpc) is 2.70. The van der Waals surface area contributed by atoms with Crippen LogP contribution in [-0.2, 0) is 22.4 Å². The van der Waals surface area contributed by atoms with E-state index in [-0.39, 0.29) is 5.91 Å². The number of anilines is 1. The number of aryl methyl sites for hydroxylation is 2. The van der Waals surface area contributed by atoms with Crippen molar-refractivity contribution in [3.8, 4) is 5.75 Å². The van der Waals surface area contributed by atoms with Crippen LogP contribution in [0, 0.1) is 6.92 Å². The fourth-order valence-corrected chi connectivity index (χ4v) is 3.43. The molecule has 1 atom stereocenters. The van der Waals surface area contributed by atoms with E-state index in [1.54, 1.807) is 32.0 Å². The van der Waals surface area contributed by atoms with Crippen molar-refractivity contribution in [2.24, 2.45) is 0 Å². The number of rotatable bonds is 6. The Labute approximate surface area is 166 Å². The second-order valence-electron chi connectivity index (χ2n) is 7.10. The minimum absolute atomic E-state index is 0.252. The zero-order valence-electron chi connectivity index (χ0n) is 16.7. The molecule has 0 aromatic heterocycles. The molecule has 0 saturated carbocycles. The predicted octanol–water partition coefficient (Wildman–Crippen LogP) is 4.46. The molecule has 2 aromatic carbocycles. The lowest BCUT2D eigenvalue weighted by molar-refractivity contribution is -0.122. The van der Waals surface area contributed by atoms with Gasteiger partial charge < -0.3 is 14.8 Å². The largest absolute Gasteiger partial charge is 0.481 e. The number of carbonyl (C=O) groups excluding carboxylic acids is 2. The summed E-state index contributed by atoms with van der Waals surface area (Å²) in [6, 6.07) is 11.2. The fraction of sp³-hybridized carbons (Fsp3) is 0.391. The summed E-state index contributed by atoms with van der Waals surface area (Å²) in [5, 5.41) is 2.88. The van der Waals surface area contributed by atoms with Crippen molar-refractivity contribution in [2.75, 3.05) is 11.9 Å². The van der Waals surface area contributed by atoms with Gasteiger partial charge in [0.2, 0.25) is 0 Å². The van der Waals surface area contributed by atoms with Crippen molar-refractivity contribution in [2.45, 2.75) is 52.6 Å². The summed E-state index contributed by atoms with van der Waals surface area (Å²) in [6.45, 7) is 5.68. The van der Waals surface area contributed by atoms with E-state index in [1.807, 2.05) is 19.1 Å². The molecule has 1 aliphatic carbocycles. The van der Waals surface area contributed by atoms with Gasteiger partial charge in [-0.05, 0) is 81.3 Å². The van der Waals surface area contributed by atoms with E-state index < -0.39 is 12.1 Å². The van der Waals surface area contributed by atoms with E-state index in [4.69, 9.17) is 9.47 Å². The van der Waals surface area contributed by atoms with Gasteiger partial charge in [0.15, 0.2) is 6.10 Å². The molecule has 5 heteroatoms. The lowest BCUT2D eigenvalue weighted by atomic mass is 9.91. The Balaban J connectivity index is 1.71. The van der Waals surface area contributed by atoms with E-state index in [0.717, 1.165) is 30.6 Å². The highest BCUT2D eigenvalue weighted by Gasteiger charge is 2.20. The van der Waals surface area contributed by atoms with Crippen molar-refractivity contribution < 1.29 is 19.1 Å². The first-order valence-electron chi connectivity index (χ1n) is 9.85. The highest BCUT2D eigenvalue weighted by Crippen LogP contribution is 2.30. The van der Waals surface area contributed by atoms with Crippen molar-refractivity contribution in [3.05, 3.63) is 58.7 Å². The smallest absolute Gasteiger partial charge is 0.338 e. The molecule has 2 aromatic rings. The molecule has 1 aliphatic rings. The van der Waals surface area contributed by atoms with Gasteiger partial charge in [-0.15, -0.1) is 0 Å². The van der Waals surface area contributed by atoms with Crippen LogP contribution in [-0.4, -0.2) is 24.6 Å². The Morgan fingerprint density at radius 2 is 1.93 bits per heavy atom. The molecule has 0 fully saturated rings. The standard InChI is InChI=1S/C23H27NO4/c1-4-27-23(26)18-13-12-15(2)20(14-18)24-22(25)16(3)28-21-11-7-9-17-8-5-6-10-19(17)21/h7,9,11-14,16H,4-6,8,10H2,1-3H3,(H,24,25). The molecule has 1 N–H and O–H groups in total. The van der Waals surface area contributed by atoms with E-state index in [0.29, 0.717) is 17.9 Å². The Kier molecular flexibility index (Phi) is 6.34. The minimum Gasteiger partial charge on any atom is -0.481 e. The van der Waals surface area contributed by atoms with E-state index >= 15 is 0 Å². The third-order valence-electron chi connectivity index (χ3n) is 5.03. The van der Waals surface area contributed by atoms with Gasteiger partial charge in [-0.25, -0.2) is 4.79 Å². The molecule has 1 unspecified atom stereocenters. The molecule has 0 aliphatic heterocycles. The minimum atomic E-state index is -0.654. The van der Waals surface area contributed by atoms with E-state index in [9.17, 15) is 9.59 Å². The maximum absolute atomic E-state index is 12.7. The van der Waals surface area contributed by atoms with Gasteiger partial charge >= 0.3 is 5.97 Å². The summed E-state index contributed by atoms with van der Waals surface area (Å²) in [6.07, 6.45) is 3.74. The molecule has 148 valence electrons. The summed E-state index contributed by atoms with van der Waals surface area (Å²) in [7, 11) is 0. The lowest BCUT2D eigenvalue weighted by Crippen LogP contribution is -2.31. The van der Waals surface area contributed by atoms with E-state index in [1.165, 1.54) is 17.5 Å². The predicted molar refractivity (Wildman–Crippen MR) is 109 cm³/mol. The van der Waals surface area contributed by atoms with Crippen LogP contribution in [0.1, 0.15) is 53.7 Å². The third-order valence-corrected chi connectivity index (χ3v) is 5.03. The summed E-state index contributed by atoms with van der Waals surface area (Å²) in [5.41, 5.74) is 4.39. The first-order valence-corrected chi connectivity index (χ1v) is 9.85. The number of fused-ring (bicyclic) bond motifs is 1. The number of carbonyl (C=O) groups is 2. The lowest BCUT2D eigenvalue weighted by Gasteiger charge is -2.22. The molecule has 0 saturated heterocycles. The van der Waals surface area contributed by atoms with Crippen LogP contribution in [0.2, 0.25) is 0 Å². The van der Waals surface area contributed by atoms with Crippen molar-refractivity contribution in [3.63, 3.8) is 0 Å². The van der Waals surface area contributed by atoms with Crippen molar-refractivity contribution in [1.29, 1.82) is 0 Å². The Hall–Kier alpha value is -2.82. The van der Waals surface area contributed by atoms with Gasteiger partial charge in [-0.1, -0.05) is 18.2 Å². The monoisotopic (exact) mass is 381 g/mol. The topological polar surface area (TPSA) is 64.6 Å². The zero-order valence-corrected chi connectivity index (χ0v) is 16.7. The van der Waals surface area contributed by atoms with Crippen molar-refractivity contribution >= 4 is 17.6 Å². The number of nitrogens with one attached hydrogen (secondary N) is 1. The fourth-order valence-electron chi connectivity index (χ4n) is 3.43. The number of amides is 1. The number of esters is 1. The van der Waals surface area contributed by atoms with Crippen LogP contribution in [0.4, 0.5) is 5.69 Å². The Morgan fingerprint density at radius 1 is 1.14 bits per heavy atom. The number of hydrogen-bond acceptors (Lipinski definition) is 4. The maximum atomic E-state index is 12.7. The molecule has 3 rings (SSSR count). The molecule has 0 spiro atoms. The van der Waals surface area contributed by atoms with Gasteiger partial charge in [-0.3, -0.25) is 4.79 Å². The maximum Gasteiger partial charge on any atom is 0.338 e. The Bertz CT molecular complexity index is 875. The van der Waals surface area contributed by atoms with Gasteiger partial charge in [0.05, 0.1) is 12.2 Å². The van der Waals surface area contributed by atoms with E-state index in [2.05, 4.69) is 11.4 Å². The number of benzene rings is 2. The number of ether oxygens (including phenoxy) is 2. The van der Waals surface area contributed by atoms with Gasteiger partial charge in [0.1, 0.15) is 5.75 Å². The normalized spacial score (nSPS) is 14.0. The highest BCUT2D eigenvalue weighted by atomic mass is 16.5. The second kappa shape index (κ2) is 8.91. The van der Waals surface area contributed by atoms with Gasteiger partial charge in [0.25, 0.3) is 5.91 Å². The zero-order chi connectivity index (χ0) is 20.1. The average molecular weight is 381 g/mol. The van der Waals surface area contributed by atoms with Crippen LogP contribution < -0.4 is 10.1 Å². The van der Waals surface area contributed by atoms with Crippen LogP contribution in [0.25, 0.3) is 0 Å². The molecule has 5 nitrogen and oxygen atoms in total. The third kappa shape index (κ3) is 4.53. The molecule has 1 amide bonds. The quantitative estimate of drug-likeness (QED) is 0.751. The molecule has 0 radical (unpaired) electrons. The van der Waals surface area contributed by atoms with Gasteiger partial charge in [0, 0.05) is 5.69 Å². The van der Waals surface area contributed by atoms with Crippen LogP contribution in [0.5, 0.6) is 5.75 Å². The number of hydrogen-bond donors (Lipinski definition) is 1. The molecular formula is C23H27NO4. The molecule has 0 heterocycles. The highest BCUT2D eigenvalue weighted by molar-refractivity contribution is 5.97. The van der Waals surface area contributed by atoms with Gasteiger partial charge in [-0.2, -0.15) is 0 Å². The summed E-state index contributed by atoms with van der Waals surface area (Å²) in [5.74, 6) is 0.132. The Morgan fingerprint density at radius 3 is 2.71 bits per heavy atom. The molecule has 28 heavy (non-hydrogen) atoms. The summed E-state index contributed by atoms with van der Waals surface area (Å²) >= 11 is 0.